The number of aromatic nitrogens is 3. The standard InChI is InChI=1S/C18H21N5O2.C2HF3O2/c24-18(14-10-19-7-8-21-14)22-15-12-23(11-13-4-1-2-6-20-13)16-5-3-9-25-17(15)16;3-2(4,5)1(6)7/h1-2,4,6-8,10,15-17H,3,5,9,11-12H2,(H,22,24);(H,6,7)/t15-,16-,17-;/m1./s1. The average Bonchev–Trinajstić information content (AvgIpc) is 3.12. The van der Waals surface area contributed by atoms with Gasteiger partial charge in [0.1, 0.15) is 5.69 Å². The number of fused-ring (bicyclic) bond motifs is 1. The lowest BCUT2D eigenvalue weighted by atomic mass is 10.0. The summed E-state index contributed by atoms with van der Waals surface area (Å²) in [5, 5.41) is 10.2. The summed E-state index contributed by atoms with van der Waals surface area (Å²) < 4.78 is 37.7. The Labute approximate surface area is 181 Å². The number of hydrogen-bond donors (Lipinski definition) is 2. The van der Waals surface area contributed by atoms with Gasteiger partial charge in [0.25, 0.3) is 5.91 Å². The zero-order valence-electron chi connectivity index (χ0n) is 16.9. The number of nitrogens with zero attached hydrogens (tertiary/aromatic N) is 4. The van der Waals surface area contributed by atoms with Crippen LogP contribution in [0.3, 0.4) is 0 Å². The first kappa shape index (κ1) is 23.5. The zero-order valence-corrected chi connectivity index (χ0v) is 16.9. The van der Waals surface area contributed by atoms with Crippen LogP contribution >= 0.6 is 0 Å². The largest absolute Gasteiger partial charge is 0.490 e. The van der Waals surface area contributed by atoms with Gasteiger partial charge in [0.15, 0.2) is 0 Å². The lowest BCUT2D eigenvalue weighted by Gasteiger charge is -2.32. The van der Waals surface area contributed by atoms with E-state index in [1.54, 1.807) is 6.20 Å². The van der Waals surface area contributed by atoms with E-state index in [1.165, 1.54) is 12.4 Å². The highest BCUT2D eigenvalue weighted by atomic mass is 19.4. The molecule has 4 rings (SSSR count). The number of carbonyl (C=O) groups is 2. The van der Waals surface area contributed by atoms with Gasteiger partial charge in [-0.15, -0.1) is 0 Å². The van der Waals surface area contributed by atoms with Crippen LogP contribution < -0.4 is 5.32 Å². The number of likely N-dealkylation sites (tertiary alicyclic amines) is 1. The normalized spacial score (nSPS) is 22.9. The maximum atomic E-state index is 12.4. The SMILES string of the molecule is O=C(N[C@@H]1CN(Cc2ccccn2)[C@@H]2CCCO[C@@H]21)c1cnccn1.O=C(O)C(F)(F)F. The number of amides is 1. The van der Waals surface area contributed by atoms with Crippen LogP contribution in [0.15, 0.2) is 43.0 Å². The third kappa shape index (κ3) is 6.20. The highest BCUT2D eigenvalue weighted by molar-refractivity contribution is 5.92. The molecule has 1 amide bonds. The third-order valence-electron chi connectivity index (χ3n) is 5.08. The Morgan fingerprint density at radius 1 is 1.22 bits per heavy atom. The predicted octanol–water partition coefficient (Wildman–Crippen LogP) is 1.67. The van der Waals surface area contributed by atoms with Crippen LogP contribution in [0.25, 0.3) is 0 Å². The molecule has 0 radical (unpaired) electrons. The highest BCUT2D eigenvalue weighted by Crippen LogP contribution is 2.30. The van der Waals surface area contributed by atoms with Crippen LogP contribution in [-0.4, -0.2) is 74.4 Å². The lowest BCUT2D eigenvalue weighted by molar-refractivity contribution is -0.192. The molecule has 2 N–H and O–H groups in total. The average molecular weight is 453 g/mol. The van der Waals surface area contributed by atoms with Crippen LogP contribution in [0.1, 0.15) is 29.0 Å². The minimum Gasteiger partial charge on any atom is -0.475 e. The Morgan fingerprint density at radius 2 is 2.00 bits per heavy atom. The molecule has 172 valence electrons. The number of carboxylic acid groups (broad SMARTS) is 1. The van der Waals surface area contributed by atoms with Gasteiger partial charge in [-0.1, -0.05) is 6.07 Å². The lowest BCUT2D eigenvalue weighted by Crippen LogP contribution is -2.47. The molecule has 2 aliphatic heterocycles. The summed E-state index contributed by atoms with van der Waals surface area (Å²) in [5.41, 5.74) is 1.37. The summed E-state index contributed by atoms with van der Waals surface area (Å²) in [6, 6.07) is 6.21. The van der Waals surface area contributed by atoms with Gasteiger partial charge in [-0.25, -0.2) is 9.78 Å². The molecule has 2 aromatic rings. The molecule has 3 atom stereocenters. The van der Waals surface area contributed by atoms with Gasteiger partial charge < -0.3 is 15.2 Å². The first-order valence-corrected chi connectivity index (χ1v) is 9.88. The van der Waals surface area contributed by atoms with Crippen LogP contribution in [0, 0.1) is 0 Å². The maximum Gasteiger partial charge on any atom is 0.490 e. The van der Waals surface area contributed by atoms with Gasteiger partial charge in [0.05, 0.1) is 24.0 Å². The smallest absolute Gasteiger partial charge is 0.475 e. The fourth-order valence-corrected chi connectivity index (χ4v) is 3.72. The number of nitrogens with one attached hydrogen (secondary N) is 1. The van der Waals surface area contributed by atoms with E-state index in [9.17, 15) is 18.0 Å². The number of carboxylic acids is 1. The summed E-state index contributed by atoms with van der Waals surface area (Å²) in [7, 11) is 0. The zero-order chi connectivity index (χ0) is 23.1. The van der Waals surface area contributed by atoms with E-state index in [2.05, 4.69) is 25.2 Å². The van der Waals surface area contributed by atoms with Crippen LogP contribution in [-0.2, 0) is 16.1 Å². The Morgan fingerprint density at radius 3 is 2.62 bits per heavy atom. The molecule has 12 heteroatoms. The maximum absolute atomic E-state index is 12.4. The van der Waals surface area contributed by atoms with E-state index < -0.39 is 12.1 Å². The van der Waals surface area contributed by atoms with Crippen molar-refractivity contribution in [3.05, 3.63) is 54.4 Å². The van der Waals surface area contributed by atoms with E-state index >= 15 is 0 Å². The van der Waals surface area contributed by atoms with E-state index in [4.69, 9.17) is 14.6 Å². The summed E-state index contributed by atoms with van der Waals surface area (Å²) in [6.45, 7) is 2.26. The first-order chi connectivity index (χ1) is 15.3. The number of alkyl halides is 3. The second kappa shape index (κ2) is 10.5. The van der Waals surface area contributed by atoms with Crippen molar-refractivity contribution >= 4 is 11.9 Å². The van der Waals surface area contributed by atoms with Crippen LogP contribution in [0.4, 0.5) is 13.2 Å². The molecule has 2 aromatic heterocycles. The van der Waals surface area contributed by atoms with E-state index in [1.807, 2.05) is 24.4 Å². The first-order valence-electron chi connectivity index (χ1n) is 9.88. The van der Waals surface area contributed by atoms with Crippen LogP contribution in [0.2, 0.25) is 0 Å². The topological polar surface area (TPSA) is 118 Å². The van der Waals surface area contributed by atoms with E-state index in [0.29, 0.717) is 11.7 Å². The molecule has 2 aliphatic rings. The molecule has 32 heavy (non-hydrogen) atoms. The quantitative estimate of drug-likeness (QED) is 0.718. The monoisotopic (exact) mass is 453 g/mol. The summed E-state index contributed by atoms with van der Waals surface area (Å²) >= 11 is 0. The van der Waals surface area contributed by atoms with Crippen molar-refractivity contribution in [2.45, 2.75) is 43.8 Å². The molecule has 0 aromatic carbocycles. The van der Waals surface area contributed by atoms with Gasteiger partial charge in [-0.3, -0.25) is 19.7 Å². The van der Waals surface area contributed by atoms with Crippen molar-refractivity contribution < 1.29 is 32.6 Å². The van der Waals surface area contributed by atoms with Crippen molar-refractivity contribution in [2.75, 3.05) is 13.2 Å². The molecule has 0 saturated carbocycles. The minimum atomic E-state index is -5.08. The van der Waals surface area contributed by atoms with E-state index in [0.717, 1.165) is 38.2 Å². The second-order valence-electron chi connectivity index (χ2n) is 7.27. The highest BCUT2D eigenvalue weighted by Gasteiger charge is 2.44. The van der Waals surface area contributed by atoms with Crippen molar-refractivity contribution in [2.24, 2.45) is 0 Å². The number of hydrogen-bond acceptors (Lipinski definition) is 7. The Hall–Kier alpha value is -3.12. The number of carbonyl (C=O) groups excluding carboxylic acids is 1. The number of aliphatic carboxylic acids is 1. The molecule has 2 fully saturated rings. The third-order valence-corrected chi connectivity index (χ3v) is 5.08. The molecule has 2 saturated heterocycles. The molecular weight excluding hydrogens is 431 g/mol. The summed E-state index contributed by atoms with van der Waals surface area (Å²) in [4.78, 5) is 36.2. The van der Waals surface area contributed by atoms with Crippen molar-refractivity contribution in [1.82, 2.24) is 25.2 Å². The van der Waals surface area contributed by atoms with Crippen molar-refractivity contribution in [3.63, 3.8) is 0 Å². The molecular formula is C20H22F3N5O4. The summed E-state index contributed by atoms with van der Waals surface area (Å²) in [6.07, 6.45) is 3.43. The van der Waals surface area contributed by atoms with Crippen LogP contribution in [0.5, 0.6) is 0 Å². The van der Waals surface area contributed by atoms with Gasteiger partial charge in [0.2, 0.25) is 0 Å². The van der Waals surface area contributed by atoms with Gasteiger partial charge >= 0.3 is 12.1 Å². The predicted molar refractivity (Wildman–Crippen MR) is 104 cm³/mol. The molecule has 0 aliphatic carbocycles. The molecule has 0 bridgehead atoms. The molecule has 9 nitrogen and oxygen atoms in total. The number of rotatable bonds is 4. The number of pyridine rings is 1. The minimum absolute atomic E-state index is 0.0121. The second-order valence-corrected chi connectivity index (χ2v) is 7.27. The molecule has 0 spiro atoms. The molecule has 0 unspecified atom stereocenters. The fourth-order valence-electron chi connectivity index (χ4n) is 3.72. The van der Waals surface area contributed by atoms with Gasteiger partial charge in [-0.05, 0) is 25.0 Å². The summed E-state index contributed by atoms with van der Waals surface area (Å²) in [5.74, 6) is -2.96. The number of ether oxygens (including phenoxy) is 1. The van der Waals surface area contributed by atoms with Crippen molar-refractivity contribution in [3.8, 4) is 0 Å². The number of halogens is 3. The van der Waals surface area contributed by atoms with Gasteiger partial charge in [0, 0.05) is 44.3 Å². The fraction of sp³-hybridized carbons (Fsp3) is 0.450. The van der Waals surface area contributed by atoms with E-state index in [-0.39, 0.29) is 18.1 Å². The molecule has 4 heterocycles. The van der Waals surface area contributed by atoms with Gasteiger partial charge in [-0.2, -0.15) is 13.2 Å². The van der Waals surface area contributed by atoms with Crippen molar-refractivity contribution in [1.29, 1.82) is 0 Å². The Kier molecular flexibility index (Phi) is 7.70. The Balaban J connectivity index is 0.000000360. The Bertz CT molecular complexity index is 901.